The monoisotopic (exact) mass is 379 g/mol. The van der Waals surface area contributed by atoms with E-state index in [4.69, 9.17) is 0 Å². The van der Waals surface area contributed by atoms with Gasteiger partial charge in [0.1, 0.15) is 17.3 Å². The van der Waals surface area contributed by atoms with Crippen LogP contribution < -0.4 is 10.6 Å². The Hall–Kier alpha value is -2.47. The molecule has 2 aliphatic rings. The zero-order valence-corrected chi connectivity index (χ0v) is 16.6. The highest BCUT2D eigenvalue weighted by Gasteiger charge is 2.24. The Morgan fingerprint density at radius 2 is 1.96 bits per heavy atom. The second-order valence-electron chi connectivity index (χ2n) is 7.85. The van der Waals surface area contributed by atoms with Crippen molar-refractivity contribution in [2.45, 2.75) is 32.6 Å². The smallest absolute Gasteiger partial charge is 0.270 e. The maximum atomic E-state index is 12.1. The van der Waals surface area contributed by atoms with Crippen LogP contribution in [0.1, 0.15) is 40.3 Å². The summed E-state index contributed by atoms with van der Waals surface area (Å²) in [6.07, 6.45) is 4.32. The minimum absolute atomic E-state index is 0.0819. The van der Waals surface area contributed by atoms with E-state index in [0.717, 1.165) is 50.4 Å². The summed E-state index contributed by atoms with van der Waals surface area (Å²) in [5, 5.41) is 6.39. The second-order valence-corrected chi connectivity index (χ2v) is 7.85. The third-order valence-electron chi connectivity index (χ3n) is 5.82. The van der Waals surface area contributed by atoms with Crippen LogP contribution >= 0.6 is 0 Å². The molecule has 0 radical (unpaired) electrons. The molecule has 1 saturated heterocycles. The van der Waals surface area contributed by atoms with Gasteiger partial charge in [-0.2, -0.15) is 0 Å². The third kappa shape index (κ3) is 4.50. The van der Waals surface area contributed by atoms with Gasteiger partial charge in [0.25, 0.3) is 5.91 Å². The SMILES string of the molecule is Cc1nc(NCC2CCN(CCc3ccccc3)CC2)c2c(n1)C(=O)NCC2. The number of likely N-dealkylation sites (tertiary alicyclic amines) is 1. The van der Waals surface area contributed by atoms with Crippen LogP contribution in [-0.4, -0.2) is 53.5 Å². The number of aromatic nitrogens is 2. The molecule has 6 nitrogen and oxygen atoms in total. The Morgan fingerprint density at radius 1 is 1.18 bits per heavy atom. The number of benzene rings is 1. The standard InChI is InChI=1S/C22H29N5O/c1-16-25-20-19(7-11-23-22(20)28)21(26-16)24-15-18-9-13-27(14-10-18)12-8-17-5-3-2-4-6-17/h2-6,18H,7-15H2,1H3,(H,23,28)(H,24,25,26). The largest absolute Gasteiger partial charge is 0.369 e. The first-order valence-electron chi connectivity index (χ1n) is 10.3. The molecule has 0 bridgehead atoms. The predicted molar refractivity (Wildman–Crippen MR) is 111 cm³/mol. The fourth-order valence-electron chi connectivity index (χ4n) is 4.14. The molecule has 1 fully saturated rings. The molecule has 2 aromatic rings. The van der Waals surface area contributed by atoms with Crippen LogP contribution in [0.2, 0.25) is 0 Å². The molecule has 1 aromatic carbocycles. The summed E-state index contributed by atoms with van der Waals surface area (Å²) in [5.74, 6) is 2.07. The fourth-order valence-corrected chi connectivity index (χ4v) is 4.14. The van der Waals surface area contributed by atoms with Crippen LogP contribution in [0.15, 0.2) is 30.3 Å². The van der Waals surface area contributed by atoms with E-state index in [1.807, 2.05) is 6.92 Å². The van der Waals surface area contributed by atoms with Crippen LogP contribution in [0.3, 0.4) is 0 Å². The minimum atomic E-state index is -0.0819. The molecule has 4 rings (SSSR count). The van der Waals surface area contributed by atoms with Gasteiger partial charge >= 0.3 is 0 Å². The van der Waals surface area contributed by atoms with Crippen molar-refractivity contribution in [3.63, 3.8) is 0 Å². The Kier molecular flexibility index (Phi) is 5.86. The molecule has 0 spiro atoms. The number of fused-ring (bicyclic) bond motifs is 1. The first-order chi connectivity index (χ1) is 13.7. The van der Waals surface area contributed by atoms with E-state index in [-0.39, 0.29) is 5.91 Å². The lowest BCUT2D eigenvalue weighted by molar-refractivity contribution is 0.0940. The molecule has 2 N–H and O–H groups in total. The van der Waals surface area contributed by atoms with E-state index in [2.05, 4.69) is 55.8 Å². The molecule has 6 heteroatoms. The van der Waals surface area contributed by atoms with Gasteiger partial charge in [0.05, 0.1) is 0 Å². The molecule has 1 amide bonds. The lowest BCUT2D eigenvalue weighted by atomic mass is 9.96. The quantitative estimate of drug-likeness (QED) is 0.807. The Labute approximate surface area is 166 Å². The van der Waals surface area contributed by atoms with Gasteiger partial charge in [0.2, 0.25) is 0 Å². The molecule has 0 unspecified atom stereocenters. The van der Waals surface area contributed by atoms with E-state index >= 15 is 0 Å². The zero-order valence-electron chi connectivity index (χ0n) is 16.6. The van der Waals surface area contributed by atoms with Gasteiger partial charge in [0.15, 0.2) is 0 Å². The predicted octanol–water partition coefficient (Wildman–Crippen LogP) is 2.44. The van der Waals surface area contributed by atoms with Crippen molar-refractivity contribution in [3.8, 4) is 0 Å². The van der Waals surface area contributed by atoms with E-state index in [1.54, 1.807) is 0 Å². The molecule has 0 atom stereocenters. The van der Waals surface area contributed by atoms with Crippen molar-refractivity contribution in [1.82, 2.24) is 20.2 Å². The average molecular weight is 380 g/mol. The first kappa shape index (κ1) is 18.9. The van der Waals surface area contributed by atoms with Gasteiger partial charge in [-0.25, -0.2) is 9.97 Å². The maximum Gasteiger partial charge on any atom is 0.270 e. The number of nitrogens with zero attached hydrogens (tertiary/aromatic N) is 3. The van der Waals surface area contributed by atoms with Crippen molar-refractivity contribution >= 4 is 11.7 Å². The molecule has 1 aromatic heterocycles. The number of hydrogen-bond donors (Lipinski definition) is 2. The normalized spacial score (nSPS) is 17.8. The highest BCUT2D eigenvalue weighted by molar-refractivity contribution is 5.95. The summed E-state index contributed by atoms with van der Waals surface area (Å²) in [7, 11) is 0. The van der Waals surface area contributed by atoms with Gasteiger partial charge in [-0.3, -0.25) is 4.79 Å². The minimum Gasteiger partial charge on any atom is -0.369 e. The summed E-state index contributed by atoms with van der Waals surface area (Å²) in [6.45, 7) is 6.87. The van der Waals surface area contributed by atoms with Crippen molar-refractivity contribution in [3.05, 3.63) is 53.0 Å². The Bertz CT molecular complexity index is 815. The molecule has 0 aliphatic carbocycles. The lowest BCUT2D eigenvalue weighted by Crippen LogP contribution is -2.37. The number of hydrogen-bond acceptors (Lipinski definition) is 5. The Morgan fingerprint density at radius 3 is 2.75 bits per heavy atom. The van der Waals surface area contributed by atoms with Crippen LogP contribution in [0.25, 0.3) is 0 Å². The third-order valence-corrected chi connectivity index (χ3v) is 5.82. The number of rotatable bonds is 6. The number of piperidine rings is 1. The van der Waals surface area contributed by atoms with E-state index in [1.165, 1.54) is 18.4 Å². The second kappa shape index (κ2) is 8.69. The molecule has 148 valence electrons. The van der Waals surface area contributed by atoms with Crippen molar-refractivity contribution in [1.29, 1.82) is 0 Å². The van der Waals surface area contributed by atoms with Crippen LogP contribution in [0, 0.1) is 12.8 Å². The molecule has 28 heavy (non-hydrogen) atoms. The molecule has 3 heterocycles. The highest BCUT2D eigenvalue weighted by Crippen LogP contribution is 2.23. The maximum absolute atomic E-state index is 12.1. The van der Waals surface area contributed by atoms with Crippen LogP contribution in [0.4, 0.5) is 5.82 Å². The van der Waals surface area contributed by atoms with Gasteiger partial charge in [-0.1, -0.05) is 30.3 Å². The molecular formula is C22H29N5O. The summed E-state index contributed by atoms with van der Waals surface area (Å²) in [4.78, 5) is 23.5. The van der Waals surface area contributed by atoms with E-state index in [9.17, 15) is 4.79 Å². The number of anilines is 1. The van der Waals surface area contributed by atoms with Crippen molar-refractivity contribution < 1.29 is 4.79 Å². The first-order valence-corrected chi connectivity index (χ1v) is 10.3. The van der Waals surface area contributed by atoms with Crippen LogP contribution in [-0.2, 0) is 12.8 Å². The van der Waals surface area contributed by atoms with E-state index < -0.39 is 0 Å². The van der Waals surface area contributed by atoms with Gasteiger partial charge < -0.3 is 15.5 Å². The molecule has 2 aliphatic heterocycles. The van der Waals surface area contributed by atoms with Gasteiger partial charge in [0, 0.05) is 25.2 Å². The zero-order chi connectivity index (χ0) is 19.3. The molecule has 0 saturated carbocycles. The summed E-state index contributed by atoms with van der Waals surface area (Å²) >= 11 is 0. The van der Waals surface area contributed by atoms with Crippen molar-refractivity contribution in [2.75, 3.05) is 38.0 Å². The average Bonchev–Trinajstić information content (AvgIpc) is 2.73. The summed E-state index contributed by atoms with van der Waals surface area (Å²) in [6, 6.07) is 10.7. The van der Waals surface area contributed by atoms with Crippen LogP contribution in [0.5, 0.6) is 0 Å². The number of aryl methyl sites for hydroxylation is 1. The topological polar surface area (TPSA) is 70.2 Å². The molecular weight excluding hydrogens is 350 g/mol. The summed E-state index contributed by atoms with van der Waals surface area (Å²) < 4.78 is 0. The van der Waals surface area contributed by atoms with Gasteiger partial charge in [-0.05, 0) is 57.2 Å². The highest BCUT2D eigenvalue weighted by atomic mass is 16.1. The fraction of sp³-hybridized carbons (Fsp3) is 0.500. The Balaban J connectivity index is 1.27. The number of nitrogens with one attached hydrogen (secondary N) is 2. The number of amides is 1. The summed E-state index contributed by atoms with van der Waals surface area (Å²) in [5.41, 5.74) is 2.92. The number of carbonyl (C=O) groups excluding carboxylic acids is 1. The van der Waals surface area contributed by atoms with E-state index in [0.29, 0.717) is 24.0 Å². The number of carbonyl (C=O) groups is 1. The van der Waals surface area contributed by atoms with Crippen molar-refractivity contribution in [2.24, 2.45) is 5.92 Å². The van der Waals surface area contributed by atoms with Gasteiger partial charge in [-0.15, -0.1) is 0 Å². The lowest BCUT2D eigenvalue weighted by Gasteiger charge is -2.32.